The van der Waals surface area contributed by atoms with Crippen molar-refractivity contribution in [1.82, 2.24) is 28.2 Å². The Balaban J connectivity index is 0.820. The Bertz CT molecular complexity index is 7310. The monoisotopic (exact) mass is 1540 g/mol. The van der Waals surface area contributed by atoms with Gasteiger partial charge in [0.05, 0.1) is 66.4 Å². The molecule has 0 spiro atoms. The van der Waals surface area contributed by atoms with Gasteiger partial charge in [0.1, 0.15) is 23.3 Å². The van der Waals surface area contributed by atoms with Gasteiger partial charge in [0.2, 0.25) is 0 Å². The highest BCUT2D eigenvalue weighted by atomic mass is 19.4. The Morgan fingerprint density at radius 3 is 0.681 bits per heavy atom. The van der Waals surface area contributed by atoms with Gasteiger partial charge in [-0.05, 0) is 211 Å². The lowest BCUT2D eigenvalue weighted by atomic mass is 9.99. The topological polar surface area (TPSA) is 45.5 Å². The quantitative estimate of drug-likeness (QED) is 0.121. The SMILES string of the molecule is FC(F)(F)c1cc(-c2cc(-n3c4ccccc4c4cc(-c5ccccc5)ccc43)nc(-n3c4ccc(-c5ccccc5)cc4c4cc(-c5ccc6c(c5)c5ccc(-c7ccccc7)cc5n6-c5cc(-c6cc(C(F)(F)F)cc(C(F)(F)F)c6)cc(-n6c7ccccc7c7ccc(-c8ccccc8)cc76)n5)ccc43)c2)cc(C(F)(F)F)c1. The van der Waals surface area contributed by atoms with Gasteiger partial charge in [-0.15, -0.1) is 0 Å². The second kappa shape index (κ2) is 26.7. The molecule has 0 radical (unpaired) electrons. The van der Waals surface area contributed by atoms with Gasteiger partial charge in [-0.3, -0.25) is 18.3 Å². The molecule has 18 heteroatoms. The van der Waals surface area contributed by atoms with Crippen LogP contribution in [0, 0.1) is 0 Å². The van der Waals surface area contributed by atoms with Crippen molar-refractivity contribution < 1.29 is 52.7 Å². The summed E-state index contributed by atoms with van der Waals surface area (Å²) in [6, 6.07) is 98.7. The third kappa shape index (κ3) is 12.3. The zero-order valence-electron chi connectivity index (χ0n) is 60.6. The molecule has 0 N–H and O–H groups in total. The Morgan fingerprint density at radius 2 is 0.371 bits per heavy atom. The van der Waals surface area contributed by atoms with Crippen LogP contribution in [-0.2, 0) is 24.7 Å². The van der Waals surface area contributed by atoms with Gasteiger partial charge in [0.25, 0.3) is 0 Å². The number of fused-ring (bicyclic) bond motifs is 12. The lowest BCUT2D eigenvalue weighted by Gasteiger charge is -2.17. The van der Waals surface area contributed by atoms with Crippen LogP contribution in [0.1, 0.15) is 22.3 Å². The molecule has 0 bridgehead atoms. The Kier molecular flexibility index (Phi) is 16.3. The van der Waals surface area contributed by atoms with Crippen LogP contribution in [0.5, 0.6) is 0 Å². The number of pyridine rings is 2. The van der Waals surface area contributed by atoms with Crippen LogP contribution < -0.4 is 0 Å². The normalized spacial score (nSPS) is 12.5. The molecule has 0 aliphatic rings. The predicted octanol–water partition coefficient (Wildman–Crippen LogP) is 28.6. The zero-order valence-corrected chi connectivity index (χ0v) is 60.6. The summed E-state index contributed by atoms with van der Waals surface area (Å²) in [7, 11) is 0. The third-order valence-electron chi connectivity index (χ3n) is 22.0. The molecule has 562 valence electrons. The van der Waals surface area contributed by atoms with E-state index in [1.54, 1.807) is 0 Å². The first kappa shape index (κ1) is 70.8. The largest absolute Gasteiger partial charge is 0.416 e. The Morgan fingerprint density at radius 1 is 0.155 bits per heavy atom. The average Bonchev–Trinajstić information content (AvgIpc) is 1.57. The average molecular weight is 1550 g/mol. The number of alkyl halides is 12. The molecule has 0 aliphatic carbocycles. The molecule has 20 rings (SSSR count). The molecule has 14 aromatic carbocycles. The van der Waals surface area contributed by atoms with Gasteiger partial charge in [-0.25, -0.2) is 9.97 Å². The minimum Gasteiger partial charge on any atom is -0.294 e. The van der Waals surface area contributed by atoms with E-state index < -0.39 is 47.0 Å². The summed E-state index contributed by atoms with van der Waals surface area (Å²) in [4.78, 5) is 10.9. The molecule has 0 saturated carbocycles. The lowest BCUT2D eigenvalue weighted by molar-refractivity contribution is -0.144. The molecule has 0 saturated heterocycles. The summed E-state index contributed by atoms with van der Waals surface area (Å²) >= 11 is 0. The molecule has 0 amide bonds. The summed E-state index contributed by atoms with van der Waals surface area (Å²) in [6.45, 7) is 0. The van der Waals surface area contributed by atoms with E-state index in [-0.39, 0.29) is 57.7 Å². The fourth-order valence-corrected chi connectivity index (χ4v) is 16.6. The Hall–Kier alpha value is -14.3. The van der Waals surface area contributed by atoms with Gasteiger partial charge in [-0.1, -0.05) is 206 Å². The molecule has 6 heterocycles. The van der Waals surface area contributed by atoms with E-state index in [2.05, 4.69) is 6.07 Å². The number of para-hydroxylation sites is 2. The molecular formula is C98H56F12N6. The van der Waals surface area contributed by atoms with Crippen molar-refractivity contribution in [2.75, 3.05) is 0 Å². The van der Waals surface area contributed by atoms with Crippen molar-refractivity contribution in [3.63, 3.8) is 0 Å². The first-order valence-electron chi connectivity index (χ1n) is 37.1. The number of rotatable bonds is 11. The fraction of sp³-hybridized carbons (Fsp3) is 0.0408. The Labute approximate surface area is 652 Å². The van der Waals surface area contributed by atoms with Crippen LogP contribution in [0.4, 0.5) is 52.7 Å². The van der Waals surface area contributed by atoms with Crippen molar-refractivity contribution in [2.45, 2.75) is 24.7 Å². The van der Waals surface area contributed by atoms with Gasteiger partial charge < -0.3 is 0 Å². The minimum atomic E-state index is -5.17. The van der Waals surface area contributed by atoms with E-state index in [9.17, 15) is 26.3 Å². The highest BCUT2D eigenvalue weighted by Crippen LogP contribution is 2.48. The molecular weight excluding hydrogens is 1490 g/mol. The summed E-state index contributed by atoms with van der Waals surface area (Å²) in [6.07, 6.45) is -20.7. The van der Waals surface area contributed by atoms with Crippen LogP contribution in [-0.4, -0.2) is 28.2 Å². The molecule has 0 unspecified atom stereocenters. The molecule has 0 fully saturated rings. The molecule has 0 aliphatic heterocycles. The van der Waals surface area contributed by atoms with E-state index in [4.69, 9.17) is 9.97 Å². The maximum absolute atomic E-state index is 15.0. The van der Waals surface area contributed by atoms with Gasteiger partial charge in [-0.2, -0.15) is 52.7 Å². The number of aromatic nitrogens is 6. The number of hydrogen-bond acceptors (Lipinski definition) is 2. The molecule has 0 atom stereocenters. The number of hydrogen-bond donors (Lipinski definition) is 0. The highest BCUT2D eigenvalue weighted by Gasteiger charge is 2.39. The summed E-state index contributed by atoms with van der Waals surface area (Å²) in [5, 5.41) is 6.10. The van der Waals surface area contributed by atoms with Crippen LogP contribution in [0.3, 0.4) is 0 Å². The lowest BCUT2D eigenvalue weighted by Crippen LogP contribution is -2.11. The third-order valence-corrected chi connectivity index (χ3v) is 22.0. The predicted molar refractivity (Wildman–Crippen MR) is 437 cm³/mol. The van der Waals surface area contributed by atoms with Gasteiger partial charge in [0.15, 0.2) is 0 Å². The van der Waals surface area contributed by atoms with Crippen molar-refractivity contribution in [1.29, 1.82) is 0 Å². The van der Waals surface area contributed by atoms with Crippen LogP contribution in [0.25, 0.3) is 188 Å². The highest BCUT2D eigenvalue weighted by molar-refractivity contribution is 6.15. The van der Waals surface area contributed by atoms with E-state index in [0.29, 0.717) is 71.4 Å². The summed E-state index contributed by atoms with van der Waals surface area (Å²) in [5.74, 6) is 0.735. The fourth-order valence-electron chi connectivity index (χ4n) is 16.6. The van der Waals surface area contributed by atoms with E-state index in [1.807, 2.05) is 291 Å². The second-order valence-electron chi connectivity index (χ2n) is 29.0. The van der Waals surface area contributed by atoms with E-state index in [1.165, 1.54) is 24.3 Å². The zero-order chi connectivity index (χ0) is 79.3. The van der Waals surface area contributed by atoms with Crippen LogP contribution >= 0.6 is 0 Å². The molecule has 116 heavy (non-hydrogen) atoms. The minimum absolute atomic E-state index is 0.00852. The number of halogens is 12. The van der Waals surface area contributed by atoms with E-state index >= 15 is 26.3 Å². The van der Waals surface area contributed by atoms with Gasteiger partial charge >= 0.3 is 24.7 Å². The van der Waals surface area contributed by atoms with E-state index in [0.717, 1.165) is 95.7 Å². The second-order valence-corrected chi connectivity index (χ2v) is 29.0. The summed E-state index contributed by atoms with van der Waals surface area (Å²) in [5.41, 5.74) is 6.79. The first-order valence-corrected chi connectivity index (χ1v) is 37.1. The summed E-state index contributed by atoms with van der Waals surface area (Å²) < 4.78 is 188. The van der Waals surface area contributed by atoms with Crippen LogP contribution in [0.2, 0.25) is 0 Å². The number of nitrogens with zero attached hydrogens (tertiary/aromatic N) is 6. The van der Waals surface area contributed by atoms with Gasteiger partial charge in [0, 0.05) is 43.1 Å². The maximum Gasteiger partial charge on any atom is 0.416 e. The van der Waals surface area contributed by atoms with Crippen molar-refractivity contribution >= 4 is 87.2 Å². The van der Waals surface area contributed by atoms with Crippen molar-refractivity contribution in [2.24, 2.45) is 0 Å². The van der Waals surface area contributed by atoms with Crippen LogP contribution in [0.15, 0.2) is 340 Å². The number of benzene rings is 14. The maximum atomic E-state index is 15.0. The first-order chi connectivity index (χ1) is 56.0. The van der Waals surface area contributed by atoms with Crippen molar-refractivity contribution in [3.05, 3.63) is 362 Å². The standard InChI is InChI=1S/C98H56F12N6/c99-95(100,101)71-41-67(42-72(55-71)96(102,103)104)69-51-91(113-84-28-16-14-26-76(84)79-45-61(31-37-85(79)113)57-17-5-1-6-18-57)111-92(52-69)114-87-38-32-62(58-19-7-2-8-20-58)46-81(87)82-48-64(34-40-88(82)114)63-33-39-86-80(47-63)78-36-30-66(60-23-11-4-12-24-60)50-90(78)116(86)94-54-70(68-43-73(97(105,106)107)56-74(44-68)98(108,109)110)53-93(112-94)115-83-27-15-13-25-75(83)77-35-29-65(49-89(77)115)59-21-9-3-10-22-59/h1-56H. The molecule has 6 aromatic heterocycles. The smallest absolute Gasteiger partial charge is 0.294 e. The van der Waals surface area contributed by atoms with Crippen molar-refractivity contribution in [3.8, 4) is 101 Å². The molecule has 20 aromatic rings. The molecule has 6 nitrogen and oxygen atoms in total.